The average Bonchev–Trinajstić information content (AvgIpc) is 1.14. The van der Waals surface area contributed by atoms with Crippen LogP contribution < -0.4 is 0 Å². The van der Waals surface area contributed by atoms with Gasteiger partial charge in [-0.2, -0.15) is 10.8 Å². The lowest BCUT2D eigenvalue weighted by Crippen LogP contribution is -2.18. The van der Waals surface area contributed by atoms with Crippen molar-refractivity contribution in [3.05, 3.63) is 6.42 Å². The molecule has 0 saturated heterocycles. The van der Waals surface area contributed by atoms with Crippen molar-refractivity contribution in [1.29, 1.82) is 0 Å². The van der Waals surface area contributed by atoms with Gasteiger partial charge in [-0.1, -0.05) is 41.5 Å². The molecule has 0 amide bonds. The minimum absolute atomic E-state index is 0.359. The minimum Gasteiger partial charge on any atom is -0.318 e. The van der Waals surface area contributed by atoms with Crippen molar-refractivity contribution in [2.24, 2.45) is 10.8 Å². The molecular formula is C9H19-. The maximum atomic E-state index is 2.38. The van der Waals surface area contributed by atoms with Crippen molar-refractivity contribution >= 4 is 0 Å². The first-order valence-electron chi connectivity index (χ1n) is 3.58. The lowest BCUT2D eigenvalue weighted by molar-refractivity contribution is 0.351. The second kappa shape index (κ2) is 2.32. The molecule has 0 saturated carbocycles. The fourth-order valence-corrected chi connectivity index (χ4v) is 1.30. The summed E-state index contributed by atoms with van der Waals surface area (Å²) in [5.41, 5.74) is 0.719. The molecule has 0 nitrogen and oxygen atoms in total. The summed E-state index contributed by atoms with van der Waals surface area (Å²) in [5, 5.41) is 0. The molecule has 0 radical (unpaired) electrons. The molecule has 0 aliphatic rings. The maximum Gasteiger partial charge on any atom is -0.0876 e. The molecule has 0 N–H and O–H groups in total. The number of hydrogen-bond donors (Lipinski definition) is 0. The summed E-state index contributed by atoms with van der Waals surface area (Å²) in [6, 6.07) is 0. The van der Waals surface area contributed by atoms with Gasteiger partial charge in [-0.05, 0) is 0 Å². The quantitative estimate of drug-likeness (QED) is 0.438. The second-order valence-corrected chi connectivity index (χ2v) is 4.88. The van der Waals surface area contributed by atoms with Gasteiger partial charge in [-0.3, -0.25) is 0 Å². The van der Waals surface area contributed by atoms with E-state index >= 15 is 0 Å². The Kier molecular flexibility index (Phi) is 2.32. The van der Waals surface area contributed by atoms with E-state index in [2.05, 4.69) is 48.0 Å². The van der Waals surface area contributed by atoms with Gasteiger partial charge < -0.3 is 6.42 Å². The highest BCUT2D eigenvalue weighted by Crippen LogP contribution is 2.30. The van der Waals surface area contributed by atoms with Crippen LogP contribution in [-0.2, 0) is 0 Å². The lowest BCUT2D eigenvalue weighted by atomic mass is 9.78. The third-order valence-corrected chi connectivity index (χ3v) is 0.866. The molecule has 0 unspecified atom stereocenters. The van der Waals surface area contributed by atoms with Crippen LogP contribution in [0.5, 0.6) is 0 Å². The van der Waals surface area contributed by atoms with Crippen LogP contribution in [0.1, 0.15) is 41.5 Å². The zero-order valence-electron chi connectivity index (χ0n) is 7.58. The van der Waals surface area contributed by atoms with Gasteiger partial charge in [0.15, 0.2) is 0 Å². The van der Waals surface area contributed by atoms with E-state index in [0.29, 0.717) is 10.8 Å². The third kappa shape index (κ3) is 8.00. The van der Waals surface area contributed by atoms with E-state index in [1.807, 2.05) is 0 Å². The zero-order valence-corrected chi connectivity index (χ0v) is 7.58. The van der Waals surface area contributed by atoms with Gasteiger partial charge in [0, 0.05) is 0 Å². The van der Waals surface area contributed by atoms with E-state index in [4.69, 9.17) is 0 Å². The zero-order chi connectivity index (χ0) is 7.71. The van der Waals surface area contributed by atoms with Gasteiger partial charge in [0.2, 0.25) is 0 Å². The smallest absolute Gasteiger partial charge is 0.0876 e. The average molecular weight is 127 g/mol. The van der Waals surface area contributed by atoms with Crippen LogP contribution in [0.3, 0.4) is 0 Å². The van der Waals surface area contributed by atoms with Crippen LogP contribution >= 0.6 is 0 Å². The highest BCUT2D eigenvalue weighted by molar-refractivity contribution is 4.90. The standard InChI is InChI=1S/C9H19/c1-8(2,3)7-9(4,5)6/h7H,1-6H3/q-1. The van der Waals surface area contributed by atoms with Gasteiger partial charge in [0.25, 0.3) is 0 Å². The molecule has 0 aliphatic heterocycles. The molecule has 0 aromatic rings. The molecule has 0 fully saturated rings. The molecule has 0 aliphatic carbocycles. The summed E-state index contributed by atoms with van der Waals surface area (Å²) in [6.07, 6.45) is 2.38. The normalized spacial score (nSPS) is 14.0. The summed E-state index contributed by atoms with van der Waals surface area (Å²) in [5.74, 6) is 0. The summed E-state index contributed by atoms with van der Waals surface area (Å²) < 4.78 is 0. The number of rotatable bonds is 0. The molecule has 0 heteroatoms. The molecule has 0 atom stereocenters. The summed E-state index contributed by atoms with van der Waals surface area (Å²) in [6.45, 7) is 13.4. The topological polar surface area (TPSA) is 0 Å². The summed E-state index contributed by atoms with van der Waals surface area (Å²) in [4.78, 5) is 0. The molecule has 0 bridgehead atoms. The van der Waals surface area contributed by atoms with Gasteiger partial charge >= 0.3 is 0 Å². The van der Waals surface area contributed by atoms with Gasteiger partial charge in [-0.25, -0.2) is 0 Å². The van der Waals surface area contributed by atoms with Crippen molar-refractivity contribution in [2.75, 3.05) is 0 Å². The molecular weight excluding hydrogens is 108 g/mol. The van der Waals surface area contributed by atoms with Gasteiger partial charge in [-0.15, -0.1) is 0 Å². The molecule has 56 valence electrons. The molecule has 0 aromatic heterocycles. The first-order valence-corrected chi connectivity index (χ1v) is 3.58. The molecule has 0 rings (SSSR count). The van der Waals surface area contributed by atoms with Crippen LogP contribution in [0.15, 0.2) is 0 Å². The predicted octanol–water partition coefficient (Wildman–Crippen LogP) is 3.28. The Morgan fingerprint density at radius 2 is 0.889 bits per heavy atom. The van der Waals surface area contributed by atoms with Crippen molar-refractivity contribution in [3.63, 3.8) is 0 Å². The Hall–Kier alpha value is 0. The first kappa shape index (κ1) is 9.00. The van der Waals surface area contributed by atoms with Gasteiger partial charge in [0.05, 0.1) is 0 Å². The molecule has 9 heavy (non-hydrogen) atoms. The van der Waals surface area contributed by atoms with Crippen molar-refractivity contribution in [3.8, 4) is 0 Å². The van der Waals surface area contributed by atoms with Crippen LogP contribution in [0.4, 0.5) is 0 Å². The molecule has 0 spiro atoms. The van der Waals surface area contributed by atoms with E-state index in [1.54, 1.807) is 0 Å². The van der Waals surface area contributed by atoms with Crippen molar-refractivity contribution in [2.45, 2.75) is 41.5 Å². The van der Waals surface area contributed by atoms with Crippen LogP contribution in [0.25, 0.3) is 0 Å². The summed E-state index contributed by atoms with van der Waals surface area (Å²) in [7, 11) is 0. The fraction of sp³-hybridized carbons (Fsp3) is 0.889. The largest absolute Gasteiger partial charge is 0.318 e. The molecule has 0 aromatic carbocycles. The van der Waals surface area contributed by atoms with E-state index in [9.17, 15) is 0 Å². The maximum absolute atomic E-state index is 2.38. The summed E-state index contributed by atoms with van der Waals surface area (Å²) >= 11 is 0. The fourth-order valence-electron chi connectivity index (χ4n) is 1.30. The Bertz CT molecular complexity index is 65.2. The highest BCUT2D eigenvalue weighted by atomic mass is 14.3. The van der Waals surface area contributed by atoms with E-state index < -0.39 is 0 Å². The monoisotopic (exact) mass is 127 g/mol. The van der Waals surface area contributed by atoms with Crippen LogP contribution in [-0.4, -0.2) is 0 Å². The first-order chi connectivity index (χ1) is 3.71. The highest BCUT2D eigenvalue weighted by Gasteiger charge is 2.07. The lowest BCUT2D eigenvalue weighted by Gasteiger charge is -2.41. The van der Waals surface area contributed by atoms with Crippen LogP contribution in [0.2, 0.25) is 0 Å². The van der Waals surface area contributed by atoms with E-state index in [1.165, 1.54) is 0 Å². The Balaban J connectivity index is 3.75. The SMILES string of the molecule is CC(C)(C)[CH-]C(C)(C)C. The number of hydrogen-bond acceptors (Lipinski definition) is 0. The van der Waals surface area contributed by atoms with Crippen LogP contribution in [0, 0.1) is 17.3 Å². The minimum atomic E-state index is 0.359. The van der Waals surface area contributed by atoms with E-state index in [-0.39, 0.29) is 0 Å². The molecule has 0 heterocycles. The van der Waals surface area contributed by atoms with Crippen molar-refractivity contribution in [1.82, 2.24) is 0 Å². The Morgan fingerprint density at radius 3 is 0.889 bits per heavy atom. The third-order valence-electron chi connectivity index (χ3n) is 0.866. The van der Waals surface area contributed by atoms with Crippen molar-refractivity contribution < 1.29 is 0 Å². The van der Waals surface area contributed by atoms with E-state index in [0.717, 1.165) is 0 Å². The second-order valence-electron chi connectivity index (χ2n) is 4.88. The van der Waals surface area contributed by atoms with Gasteiger partial charge in [0.1, 0.15) is 0 Å². The predicted molar refractivity (Wildman–Crippen MR) is 43.2 cm³/mol. The Morgan fingerprint density at radius 1 is 0.667 bits per heavy atom. The Labute approximate surface area is 59.7 Å².